The number of rotatable bonds is 6. The number of sulfonamides is 1. The van der Waals surface area contributed by atoms with Gasteiger partial charge in [-0.3, -0.25) is 9.10 Å². The molecule has 0 unspecified atom stereocenters. The van der Waals surface area contributed by atoms with Crippen LogP contribution < -0.4 is 9.04 Å². The molecule has 1 N–H and O–H groups in total. The van der Waals surface area contributed by atoms with Crippen molar-refractivity contribution in [2.75, 3.05) is 10.8 Å². The number of anilines is 1. The van der Waals surface area contributed by atoms with Crippen molar-refractivity contribution in [2.45, 2.75) is 36.7 Å². The topological polar surface area (TPSA) is 96.8 Å². The lowest BCUT2D eigenvalue weighted by Crippen LogP contribution is -2.44. The van der Waals surface area contributed by atoms with Crippen molar-refractivity contribution in [3.05, 3.63) is 71.9 Å². The van der Waals surface area contributed by atoms with Crippen molar-refractivity contribution in [1.29, 1.82) is 0 Å². The standard InChI is InChI=1S/C25H20F6N2O5S/c1-14(23(34)35)10-17-13-33(39(36,37)18-5-2-4-16(12-18)24(26,27)28)20-11-15(8-9-21(20)38-17)19-6-3-7-22(32-19)25(29,30)31/h2-9,11-12,14,17H,10,13H2,1H3,(H,34,35)/t14-,17+/m1/s1. The summed E-state index contributed by atoms with van der Waals surface area (Å²) in [5, 5.41) is 9.28. The Morgan fingerprint density at radius 2 is 1.74 bits per heavy atom. The maximum absolute atomic E-state index is 13.7. The summed E-state index contributed by atoms with van der Waals surface area (Å²) in [4.78, 5) is 14.3. The van der Waals surface area contributed by atoms with Crippen LogP contribution in [0.5, 0.6) is 5.75 Å². The second-order valence-electron chi connectivity index (χ2n) is 8.86. The Labute approximate surface area is 218 Å². The highest BCUT2D eigenvalue weighted by Crippen LogP contribution is 2.41. The molecule has 0 amide bonds. The molecule has 7 nitrogen and oxygen atoms in total. The molecule has 0 aliphatic carbocycles. The molecule has 0 saturated heterocycles. The maximum atomic E-state index is 13.7. The predicted octanol–water partition coefficient (Wildman–Crippen LogP) is 5.85. The monoisotopic (exact) mass is 574 g/mol. The number of aliphatic carboxylic acids is 1. The van der Waals surface area contributed by atoms with Gasteiger partial charge in [0.25, 0.3) is 10.0 Å². The number of nitrogens with zero attached hydrogens (tertiary/aromatic N) is 2. The Morgan fingerprint density at radius 3 is 2.38 bits per heavy atom. The fraction of sp³-hybridized carbons (Fsp3) is 0.280. The van der Waals surface area contributed by atoms with E-state index in [1.807, 2.05) is 0 Å². The first-order valence-corrected chi connectivity index (χ1v) is 12.8. The first-order valence-electron chi connectivity index (χ1n) is 11.4. The summed E-state index contributed by atoms with van der Waals surface area (Å²) in [5.41, 5.74) is -2.57. The van der Waals surface area contributed by atoms with E-state index in [2.05, 4.69) is 4.98 Å². The Hall–Kier alpha value is -3.81. The number of carbonyl (C=O) groups is 1. The minimum atomic E-state index is -4.82. The molecule has 0 saturated carbocycles. The van der Waals surface area contributed by atoms with Crippen molar-refractivity contribution in [3.63, 3.8) is 0 Å². The zero-order valence-corrected chi connectivity index (χ0v) is 20.8. The van der Waals surface area contributed by atoms with Crippen LogP contribution in [0.3, 0.4) is 0 Å². The number of hydrogen-bond donors (Lipinski definition) is 1. The molecule has 14 heteroatoms. The van der Waals surface area contributed by atoms with E-state index >= 15 is 0 Å². The lowest BCUT2D eigenvalue weighted by Gasteiger charge is -2.36. The third-order valence-corrected chi connectivity index (χ3v) is 7.79. The number of hydrogen-bond acceptors (Lipinski definition) is 5. The maximum Gasteiger partial charge on any atom is 0.433 e. The van der Waals surface area contributed by atoms with Crippen molar-refractivity contribution in [1.82, 2.24) is 4.98 Å². The summed E-state index contributed by atoms with van der Waals surface area (Å²) < 4.78 is 113. The molecule has 1 aromatic heterocycles. The number of pyridine rings is 1. The number of carboxylic acid groups (broad SMARTS) is 1. The van der Waals surface area contributed by atoms with Gasteiger partial charge < -0.3 is 9.84 Å². The van der Waals surface area contributed by atoms with Crippen LogP contribution in [0.2, 0.25) is 0 Å². The number of carboxylic acids is 1. The largest absolute Gasteiger partial charge is 0.486 e. The fourth-order valence-electron chi connectivity index (χ4n) is 4.03. The zero-order valence-electron chi connectivity index (χ0n) is 20.0. The van der Waals surface area contributed by atoms with Gasteiger partial charge in [-0.1, -0.05) is 19.1 Å². The molecule has 1 aliphatic rings. The molecule has 2 atom stereocenters. The quantitative estimate of drug-likeness (QED) is 0.371. The van der Waals surface area contributed by atoms with Crippen LogP contribution in [0.4, 0.5) is 32.0 Å². The average Bonchev–Trinajstić information content (AvgIpc) is 2.87. The molecule has 0 fully saturated rings. The lowest BCUT2D eigenvalue weighted by atomic mass is 10.0. The Morgan fingerprint density at radius 1 is 1.05 bits per heavy atom. The van der Waals surface area contributed by atoms with E-state index in [-0.39, 0.29) is 29.1 Å². The van der Waals surface area contributed by atoms with Crippen molar-refractivity contribution in [3.8, 4) is 17.0 Å². The van der Waals surface area contributed by atoms with Gasteiger partial charge in [-0.15, -0.1) is 0 Å². The fourth-order valence-corrected chi connectivity index (χ4v) is 5.58. The zero-order chi connectivity index (χ0) is 28.8. The highest BCUT2D eigenvalue weighted by atomic mass is 32.2. The smallest absolute Gasteiger partial charge is 0.433 e. The Bertz CT molecular complexity index is 1510. The molecule has 4 rings (SSSR count). The second kappa shape index (κ2) is 10.1. The Balaban J connectivity index is 1.83. The molecule has 39 heavy (non-hydrogen) atoms. The van der Waals surface area contributed by atoms with Gasteiger partial charge in [0, 0.05) is 5.56 Å². The number of benzene rings is 2. The summed E-state index contributed by atoms with van der Waals surface area (Å²) in [6, 6.07) is 10.1. The summed E-state index contributed by atoms with van der Waals surface area (Å²) in [5.74, 6) is -2.15. The van der Waals surface area contributed by atoms with E-state index in [0.29, 0.717) is 12.1 Å². The minimum Gasteiger partial charge on any atom is -0.486 e. The highest BCUT2D eigenvalue weighted by Gasteiger charge is 2.38. The number of ether oxygens (including phenoxy) is 1. The normalized spacial score (nSPS) is 16.8. The van der Waals surface area contributed by atoms with Gasteiger partial charge in [-0.05, 0) is 55.0 Å². The van der Waals surface area contributed by atoms with Gasteiger partial charge >= 0.3 is 18.3 Å². The van der Waals surface area contributed by atoms with Crippen LogP contribution in [-0.4, -0.2) is 37.1 Å². The molecular formula is C25H20F6N2O5S. The first-order chi connectivity index (χ1) is 18.1. The van der Waals surface area contributed by atoms with Crippen LogP contribution in [0.1, 0.15) is 24.6 Å². The molecule has 0 bridgehead atoms. The van der Waals surface area contributed by atoms with E-state index in [1.165, 1.54) is 31.2 Å². The molecule has 208 valence electrons. The molecule has 3 aromatic rings. The van der Waals surface area contributed by atoms with Gasteiger partial charge in [0.15, 0.2) is 0 Å². The van der Waals surface area contributed by atoms with Crippen molar-refractivity contribution >= 4 is 21.7 Å². The van der Waals surface area contributed by atoms with Crippen LogP contribution in [0.15, 0.2) is 65.6 Å². The Kier molecular flexibility index (Phi) is 7.27. The minimum absolute atomic E-state index is 0.0462. The molecular weight excluding hydrogens is 554 g/mol. The molecule has 2 heterocycles. The number of halogens is 6. The van der Waals surface area contributed by atoms with E-state index in [1.54, 1.807) is 0 Å². The van der Waals surface area contributed by atoms with Crippen LogP contribution in [0.25, 0.3) is 11.3 Å². The third kappa shape index (κ3) is 5.95. The molecule has 2 aromatic carbocycles. The molecule has 0 radical (unpaired) electrons. The van der Waals surface area contributed by atoms with Crippen molar-refractivity contribution < 1.29 is 49.4 Å². The summed E-state index contributed by atoms with van der Waals surface area (Å²) >= 11 is 0. The molecule has 1 aliphatic heterocycles. The first kappa shape index (κ1) is 28.2. The van der Waals surface area contributed by atoms with Gasteiger partial charge in [0.2, 0.25) is 0 Å². The van der Waals surface area contributed by atoms with Crippen LogP contribution in [0, 0.1) is 5.92 Å². The predicted molar refractivity (Wildman–Crippen MR) is 126 cm³/mol. The van der Waals surface area contributed by atoms with E-state index in [4.69, 9.17) is 4.74 Å². The van der Waals surface area contributed by atoms with E-state index in [0.717, 1.165) is 28.6 Å². The summed E-state index contributed by atoms with van der Waals surface area (Å²) in [6.07, 6.45) is -10.7. The van der Waals surface area contributed by atoms with Gasteiger partial charge in [0.05, 0.1) is 34.3 Å². The number of aromatic nitrogens is 1. The average molecular weight is 574 g/mol. The van der Waals surface area contributed by atoms with E-state index < -0.39 is 63.1 Å². The second-order valence-corrected chi connectivity index (χ2v) is 10.7. The SMILES string of the molecule is C[C@H](C[C@H]1CN(S(=O)(=O)c2cccc(C(F)(F)F)c2)c2cc(-c3cccc(C(F)(F)F)n3)ccc2O1)C(=O)O. The van der Waals surface area contributed by atoms with E-state index in [9.17, 15) is 44.7 Å². The number of fused-ring (bicyclic) bond motifs is 1. The molecule has 0 spiro atoms. The van der Waals surface area contributed by atoms with Gasteiger partial charge in [-0.25, -0.2) is 13.4 Å². The number of alkyl halides is 6. The summed E-state index contributed by atoms with van der Waals surface area (Å²) in [6.45, 7) is 0.929. The van der Waals surface area contributed by atoms with Crippen LogP contribution >= 0.6 is 0 Å². The summed E-state index contributed by atoms with van der Waals surface area (Å²) in [7, 11) is -4.67. The lowest BCUT2D eigenvalue weighted by molar-refractivity contribution is -0.142. The highest BCUT2D eigenvalue weighted by molar-refractivity contribution is 7.92. The van der Waals surface area contributed by atoms with Crippen molar-refractivity contribution in [2.24, 2.45) is 5.92 Å². The van der Waals surface area contributed by atoms with Gasteiger partial charge in [0.1, 0.15) is 17.5 Å². The van der Waals surface area contributed by atoms with Gasteiger partial charge in [-0.2, -0.15) is 26.3 Å². The van der Waals surface area contributed by atoms with Crippen LogP contribution in [-0.2, 0) is 27.2 Å². The third-order valence-electron chi connectivity index (χ3n) is 6.01.